The lowest BCUT2D eigenvalue weighted by Gasteiger charge is -2.29. The lowest BCUT2D eigenvalue weighted by molar-refractivity contribution is -0.126. The molecule has 1 aliphatic heterocycles. The van der Waals surface area contributed by atoms with Crippen LogP contribution in [0.2, 0.25) is 5.15 Å². The highest BCUT2D eigenvalue weighted by Crippen LogP contribution is 2.17. The average Bonchev–Trinajstić information content (AvgIpc) is 2.46. The summed E-state index contributed by atoms with van der Waals surface area (Å²) < 4.78 is 0. The molecule has 0 radical (unpaired) electrons. The highest BCUT2D eigenvalue weighted by atomic mass is 35.5. The van der Waals surface area contributed by atoms with E-state index >= 15 is 0 Å². The standard InChI is InChI=1S/C12H15ClN4O3/c13-10-9(14-3-4-15-10)7-16-11(18)8-1-5-17(6-2-8)12(19)20/h3-4,8H,1-2,5-7H2,(H,16,18)(H,19,20). The van der Waals surface area contributed by atoms with Crippen LogP contribution < -0.4 is 5.32 Å². The molecule has 0 aromatic carbocycles. The Morgan fingerprint density at radius 2 is 2.00 bits per heavy atom. The fourth-order valence-corrected chi connectivity index (χ4v) is 2.29. The van der Waals surface area contributed by atoms with Crippen molar-refractivity contribution in [2.45, 2.75) is 19.4 Å². The zero-order valence-electron chi connectivity index (χ0n) is 10.8. The highest BCUT2D eigenvalue weighted by molar-refractivity contribution is 6.29. The Morgan fingerprint density at radius 3 is 2.60 bits per heavy atom. The Balaban J connectivity index is 1.82. The van der Waals surface area contributed by atoms with E-state index in [0.29, 0.717) is 31.6 Å². The molecular formula is C12H15ClN4O3. The van der Waals surface area contributed by atoms with Crippen molar-refractivity contribution in [1.82, 2.24) is 20.2 Å². The van der Waals surface area contributed by atoms with E-state index in [4.69, 9.17) is 16.7 Å². The molecule has 1 fully saturated rings. The van der Waals surface area contributed by atoms with Crippen molar-refractivity contribution >= 4 is 23.6 Å². The Hall–Kier alpha value is -1.89. The molecule has 108 valence electrons. The third-order valence-electron chi connectivity index (χ3n) is 3.29. The van der Waals surface area contributed by atoms with Gasteiger partial charge in [0.2, 0.25) is 5.91 Å². The molecule has 1 saturated heterocycles. The minimum atomic E-state index is -0.935. The van der Waals surface area contributed by atoms with E-state index in [1.54, 1.807) is 0 Å². The van der Waals surface area contributed by atoms with Crippen LogP contribution in [0.3, 0.4) is 0 Å². The Bertz CT molecular complexity index is 503. The van der Waals surface area contributed by atoms with Crippen molar-refractivity contribution in [2.75, 3.05) is 13.1 Å². The first-order chi connectivity index (χ1) is 9.58. The lowest BCUT2D eigenvalue weighted by atomic mass is 9.96. The molecule has 1 aromatic heterocycles. The fraction of sp³-hybridized carbons (Fsp3) is 0.500. The van der Waals surface area contributed by atoms with E-state index in [1.807, 2.05) is 0 Å². The number of halogens is 1. The zero-order valence-corrected chi connectivity index (χ0v) is 11.5. The maximum atomic E-state index is 12.0. The van der Waals surface area contributed by atoms with Crippen LogP contribution in [-0.4, -0.2) is 45.1 Å². The number of hydrogen-bond acceptors (Lipinski definition) is 4. The van der Waals surface area contributed by atoms with Crippen LogP contribution in [0.5, 0.6) is 0 Å². The molecule has 2 amide bonds. The summed E-state index contributed by atoms with van der Waals surface area (Å²) in [6.07, 6.45) is 3.13. The van der Waals surface area contributed by atoms with Gasteiger partial charge >= 0.3 is 6.09 Å². The molecule has 2 N–H and O–H groups in total. The highest BCUT2D eigenvalue weighted by Gasteiger charge is 2.26. The Kier molecular flexibility index (Phi) is 4.73. The average molecular weight is 299 g/mol. The number of carboxylic acid groups (broad SMARTS) is 1. The third-order valence-corrected chi connectivity index (χ3v) is 3.61. The van der Waals surface area contributed by atoms with E-state index in [1.165, 1.54) is 17.3 Å². The monoisotopic (exact) mass is 298 g/mol. The molecule has 20 heavy (non-hydrogen) atoms. The summed E-state index contributed by atoms with van der Waals surface area (Å²) in [5.74, 6) is -0.266. The van der Waals surface area contributed by atoms with Gasteiger partial charge in [0.05, 0.1) is 12.2 Å². The van der Waals surface area contributed by atoms with Gasteiger partial charge in [0.25, 0.3) is 0 Å². The molecule has 0 unspecified atom stereocenters. The number of amides is 2. The second-order valence-corrected chi connectivity index (χ2v) is 4.91. The van der Waals surface area contributed by atoms with Crippen molar-refractivity contribution in [2.24, 2.45) is 5.92 Å². The number of nitrogens with one attached hydrogen (secondary N) is 1. The molecule has 8 heteroatoms. The molecule has 1 aromatic rings. The number of aromatic nitrogens is 2. The van der Waals surface area contributed by atoms with E-state index < -0.39 is 6.09 Å². The van der Waals surface area contributed by atoms with E-state index in [2.05, 4.69) is 15.3 Å². The van der Waals surface area contributed by atoms with E-state index in [-0.39, 0.29) is 23.5 Å². The molecular weight excluding hydrogens is 284 g/mol. The summed E-state index contributed by atoms with van der Waals surface area (Å²) in [4.78, 5) is 32.0. The first-order valence-electron chi connectivity index (χ1n) is 6.29. The van der Waals surface area contributed by atoms with E-state index in [9.17, 15) is 9.59 Å². The van der Waals surface area contributed by atoms with Gasteiger partial charge in [-0.1, -0.05) is 11.6 Å². The summed E-state index contributed by atoms with van der Waals surface area (Å²) in [5, 5.41) is 11.9. The normalized spacial score (nSPS) is 15.9. The summed E-state index contributed by atoms with van der Waals surface area (Å²) >= 11 is 5.85. The van der Waals surface area contributed by atoms with Crippen LogP contribution in [0.4, 0.5) is 4.79 Å². The molecule has 7 nitrogen and oxygen atoms in total. The van der Waals surface area contributed by atoms with Crippen LogP contribution in [-0.2, 0) is 11.3 Å². The largest absolute Gasteiger partial charge is 0.465 e. The van der Waals surface area contributed by atoms with Crippen molar-refractivity contribution in [3.05, 3.63) is 23.2 Å². The van der Waals surface area contributed by atoms with Crippen molar-refractivity contribution in [1.29, 1.82) is 0 Å². The van der Waals surface area contributed by atoms with Gasteiger partial charge in [0.1, 0.15) is 0 Å². The second-order valence-electron chi connectivity index (χ2n) is 4.56. The van der Waals surface area contributed by atoms with Crippen molar-refractivity contribution in [3.8, 4) is 0 Å². The maximum Gasteiger partial charge on any atom is 0.407 e. The van der Waals surface area contributed by atoms with Crippen LogP contribution in [0, 0.1) is 5.92 Å². The number of likely N-dealkylation sites (tertiary alicyclic amines) is 1. The quantitative estimate of drug-likeness (QED) is 0.872. The number of rotatable bonds is 3. The predicted molar refractivity (Wildman–Crippen MR) is 71.2 cm³/mol. The van der Waals surface area contributed by atoms with Crippen molar-refractivity contribution in [3.63, 3.8) is 0 Å². The van der Waals surface area contributed by atoms with E-state index in [0.717, 1.165) is 0 Å². The molecule has 2 heterocycles. The summed E-state index contributed by atoms with van der Waals surface area (Å²) in [6, 6.07) is 0. The van der Waals surface area contributed by atoms with Gasteiger partial charge < -0.3 is 15.3 Å². The summed E-state index contributed by atoms with van der Waals surface area (Å²) in [5.41, 5.74) is 0.519. The Labute approximate surface area is 121 Å². The molecule has 0 spiro atoms. The molecule has 0 saturated carbocycles. The summed E-state index contributed by atoms with van der Waals surface area (Å²) in [6.45, 7) is 1.00. The van der Waals surface area contributed by atoms with Crippen LogP contribution in [0.25, 0.3) is 0 Å². The van der Waals surface area contributed by atoms with Gasteiger partial charge in [-0.3, -0.25) is 9.78 Å². The smallest absolute Gasteiger partial charge is 0.407 e. The molecule has 0 bridgehead atoms. The minimum Gasteiger partial charge on any atom is -0.465 e. The first kappa shape index (κ1) is 14.5. The second kappa shape index (κ2) is 6.51. The lowest BCUT2D eigenvalue weighted by Crippen LogP contribution is -2.42. The summed E-state index contributed by atoms with van der Waals surface area (Å²) in [7, 11) is 0. The number of piperidine rings is 1. The fourth-order valence-electron chi connectivity index (χ4n) is 2.12. The van der Waals surface area contributed by atoms with Gasteiger partial charge in [-0.2, -0.15) is 0 Å². The minimum absolute atomic E-state index is 0.100. The number of hydrogen-bond donors (Lipinski definition) is 2. The van der Waals surface area contributed by atoms with Gasteiger partial charge in [0.15, 0.2) is 5.15 Å². The molecule has 0 atom stereocenters. The topological polar surface area (TPSA) is 95.4 Å². The molecule has 1 aliphatic rings. The van der Waals surface area contributed by atoms with Gasteiger partial charge in [-0.25, -0.2) is 9.78 Å². The molecule has 2 rings (SSSR count). The third kappa shape index (κ3) is 3.57. The predicted octanol–water partition coefficient (Wildman–Crippen LogP) is 1.14. The van der Waals surface area contributed by atoms with Gasteiger partial charge in [-0.05, 0) is 12.8 Å². The van der Waals surface area contributed by atoms with Crippen LogP contribution in [0.1, 0.15) is 18.5 Å². The number of carbonyl (C=O) groups is 2. The molecule has 0 aliphatic carbocycles. The van der Waals surface area contributed by atoms with Crippen LogP contribution in [0.15, 0.2) is 12.4 Å². The number of carbonyl (C=O) groups excluding carboxylic acids is 1. The van der Waals surface area contributed by atoms with Gasteiger partial charge in [0, 0.05) is 31.4 Å². The van der Waals surface area contributed by atoms with Gasteiger partial charge in [-0.15, -0.1) is 0 Å². The van der Waals surface area contributed by atoms with Crippen molar-refractivity contribution < 1.29 is 14.7 Å². The SMILES string of the molecule is O=C(NCc1nccnc1Cl)C1CCN(C(=O)O)CC1. The first-order valence-corrected chi connectivity index (χ1v) is 6.66. The maximum absolute atomic E-state index is 12.0. The zero-order chi connectivity index (χ0) is 14.5. The van der Waals surface area contributed by atoms with Crippen LogP contribution >= 0.6 is 11.6 Å². The number of nitrogens with zero attached hydrogens (tertiary/aromatic N) is 3. The Morgan fingerprint density at radius 1 is 1.35 bits per heavy atom.